The topological polar surface area (TPSA) is 75.9 Å². The van der Waals surface area contributed by atoms with Gasteiger partial charge in [0.05, 0.1) is 6.04 Å². The molecule has 6 heteroatoms. The fraction of sp³-hybridized carbons (Fsp3) is 0.882. The van der Waals surface area contributed by atoms with Crippen molar-refractivity contribution in [2.75, 3.05) is 19.6 Å². The molecule has 2 atom stereocenters. The Labute approximate surface area is 139 Å². The third-order valence-corrected chi connectivity index (χ3v) is 4.29. The molecule has 1 saturated carbocycles. The summed E-state index contributed by atoms with van der Waals surface area (Å²) in [6.45, 7) is 9.52. The second-order valence-electron chi connectivity index (χ2n) is 7.95. The van der Waals surface area contributed by atoms with Crippen molar-refractivity contribution in [1.29, 1.82) is 0 Å². The Bertz CT molecular complexity index is 441. The van der Waals surface area contributed by atoms with Gasteiger partial charge < -0.3 is 20.3 Å². The molecule has 0 aromatic heterocycles. The molecule has 0 spiro atoms. The van der Waals surface area contributed by atoms with Crippen molar-refractivity contribution in [1.82, 2.24) is 9.80 Å². The average molecular weight is 325 g/mol. The number of piperidine rings is 1. The van der Waals surface area contributed by atoms with E-state index in [2.05, 4.69) is 0 Å². The van der Waals surface area contributed by atoms with Crippen molar-refractivity contribution >= 4 is 12.0 Å². The molecule has 2 N–H and O–H groups in total. The smallest absolute Gasteiger partial charge is 0.410 e. The van der Waals surface area contributed by atoms with Crippen LogP contribution in [-0.4, -0.2) is 59.1 Å². The SMILES string of the molecule is C[C@H](N)C(=O)N1CCCC(CN(C(=O)OC(C)(C)C)C2CC2)C1. The number of ether oxygens (including phenoxy) is 1. The van der Waals surface area contributed by atoms with E-state index < -0.39 is 11.6 Å². The normalized spacial score (nSPS) is 23.3. The zero-order valence-electron chi connectivity index (χ0n) is 14.9. The van der Waals surface area contributed by atoms with E-state index in [4.69, 9.17) is 10.5 Å². The van der Waals surface area contributed by atoms with E-state index in [0.717, 1.165) is 32.2 Å². The van der Waals surface area contributed by atoms with Gasteiger partial charge in [0.2, 0.25) is 5.91 Å². The lowest BCUT2D eigenvalue weighted by molar-refractivity contribution is -0.134. The van der Waals surface area contributed by atoms with Crippen molar-refractivity contribution in [3.8, 4) is 0 Å². The maximum Gasteiger partial charge on any atom is 0.410 e. The van der Waals surface area contributed by atoms with E-state index in [1.165, 1.54) is 0 Å². The lowest BCUT2D eigenvalue weighted by atomic mass is 9.97. The van der Waals surface area contributed by atoms with Crippen LogP contribution in [0.1, 0.15) is 53.4 Å². The first kappa shape index (κ1) is 18.0. The highest BCUT2D eigenvalue weighted by molar-refractivity contribution is 5.81. The minimum absolute atomic E-state index is 0.00457. The number of likely N-dealkylation sites (tertiary alicyclic amines) is 1. The van der Waals surface area contributed by atoms with Crippen LogP contribution in [0.15, 0.2) is 0 Å². The Kier molecular flexibility index (Phi) is 5.55. The number of hydrogen-bond acceptors (Lipinski definition) is 4. The van der Waals surface area contributed by atoms with Crippen LogP contribution >= 0.6 is 0 Å². The molecule has 23 heavy (non-hydrogen) atoms. The van der Waals surface area contributed by atoms with E-state index >= 15 is 0 Å². The van der Waals surface area contributed by atoms with E-state index in [0.29, 0.717) is 25.0 Å². The second-order valence-corrected chi connectivity index (χ2v) is 7.95. The van der Waals surface area contributed by atoms with Crippen LogP contribution in [0.25, 0.3) is 0 Å². The Morgan fingerprint density at radius 1 is 1.30 bits per heavy atom. The van der Waals surface area contributed by atoms with E-state index in [-0.39, 0.29) is 12.0 Å². The summed E-state index contributed by atoms with van der Waals surface area (Å²) in [6, 6.07) is -0.150. The van der Waals surface area contributed by atoms with Gasteiger partial charge in [-0.15, -0.1) is 0 Å². The molecule has 1 saturated heterocycles. The van der Waals surface area contributed by atoms with Gasteiger partial charge in [-0.3, -0.25) is 4.79 Å². The number of nitrogens with two attached hydrogens (primary N) is 1. The summed E-state index contributed by atoms with van der Waals surface area (Å²) in [6.07, 6.45) is 3.88. The molecule has 1 heterocycles. The van der Waals surface area contributed by atoms with Crippen LogP contribution in [0.5, 0.6) is 0 Å². The van der Waals surface area contributed by atoms with Crippen LogP contribution in [-0.2, 0) is 9.53 Å². The maximum atomic E-state index is 12.4. The molecule has 6 nitrogen and oxygen atoms in total. The monoisotopic (exact) mass is 325 g/mol. The first-order valence-electron chi connectivity index (χ1n) is 8.71. The minimum atomic E-state index is -0.478. The molecular formula is C17H31N3O3. The third-order valence-electron chi connectivity index (χ3n) is 4.29. The molecule has 2 fully saturated rings. The number of amides is 2. The van der Waals surface area contributed by atoms with E-state index in [9.17, 15) is 9.59 Å². The summed E-state index contributed by atoms with van der Waals surface area (Å²) in [4.78, 5) is 28.3. The summed E-state index contributed by atoms with van der Waals surface area (Å²) in [5.41, 5.74) is 5.24. The standard InChI is InChI=1S/C17H31N3O3/c1-12(18)15(21)19-9-5-6-13(10-19)11-20(14-7-8-14)16(22)23-17(2,3)4/h12-14H,5-11,18H2,1-4H3/t12-,13?/m0/s1. The van der Waals surface area contributed by atoms with Crippen LogP contribution in [0.4, 0.5) is 4.79 Å². The number of hydrogen-bond donors (Lipinski definition) is 1. The van der Waals surface area contributed by atoms with Crippen molar-refractivity contribution in [3.05, 3.63) is 0 Å². The Hall–Kier alpha value is -1.30. The highest BCUT2D eigenvalue weighted by Gasteiger charge is 2.37. The molecule has 2 aliphatic rings. The largest absolute Gasteiger partial charge is 0.444 e. The zero-order valence-corrected chi connectivity index (χ0v) is 14.9. The third kappa shape index (κ3) is 5.37. The fourth-order valence-electron chi connectivity index (χ4n) is 3.06. The van der Waals surface area contributed by atoms with E-state index in [1.54, 1.807) is 6.92 Å². The number of rotatable bonds is 4. The molecule has 2 amide bonds. The Morgan fingerprint density at radius 2 is 1.96 bits per heavy atom. The molecule has 2 rings (SSSR count). The quantitative estimate of drug-likeness (QED) is 0.857. The highest BCUT2D eigenvalue weighted by atomic mass is 16.6. The first-order chi connectivity index (χ1) is 10.7. The van der Waals surface area contributed by atoms with Gasteiger partial charge in [-0.1, -0.05) is 0 Å². The van der Waals surface area contributed by atoms with Gasteiger partial charge in [0, 0.05) is 25.7 Å². The van der Waals surface area contributed by atoms with Gasteiger partial charge in [0.15, 0.2) is 0 Å². The molecule has 0 bridgehead atoms. The van der Waals surface area contributed by atoms with Crippen molar-refractivity contribution in [2.24, 2.45) is 11.7 Å². The summed E-state index contributed by atoms with van der Waals surface area (Å²) in [5, 5.41) is 0. The molecule has 132 valence electrons. The summed E-state index contributed by atoms with van der Waals surface area (Å²) in [7, 11) is 0. The van der Waals surface area contributed by atoms with Crippen molar-refractivity contribution in [2.45, 2.75) is 71.1 Å². The number of carbonyl (C=O) groups is 2. The maximum absolute atomic E-state index is 12.4. The Balaban J connectivity index is 1.94. The lowest BCUT2D eigenvalue weighted by Crippen LogP contribution is -2.50. The van der Waals surface area contributed by atoms with Crippen LogP contribution in [0.2, 0.25) is 0 Å². The lowest BCUT2D eigenvalue weighted by Gasteiger charge is -2.37. The average Bonchev–Trinajstić information content (AvgIpc) is 3.26. The van der Waals surface area contributed by atoms with E-state index in [1.807, 2.05) is 30.6 Å². The van der Waals surface area contributed by atoms with Gasteiger partial charge in [-0.25, -0.2) is 4.79 Å². The molecule has 0 radical (unpaired) electrons. The van der Waals surface area contributed by atoms with Gasteiger partial charge >= 0.3 is 6.09 Å². The fourth-order valence-corrected chi connectivity index (χ4v) is 3.06. The first-order valence-corrected chi connectivity index (χ1v) is 8.71. The molecule has 0 aromatic carbocycles. The molecule has 1 aliphatic heterocycles. The molecule has 0 aromatic rings. The van der Waals surface area contributed by atoms with Crippen molar-refractivity contribution in [3.63, 3.8) is 0 Å². The zero-order chi connectivity index (χ0) is 17.2. The predicted octanol–water partition coefficient (Wildman–Crippen LogP) is 1.97. The van der Waals surface area contributed by atoms with Gasteiger partial charge in [0.1, 0.15) is 5.60 Å². The van der Waals surface area contributed by atoms with Gasteiger partial charge in [-0.2, -0.15) is 0 Å². The summed E-state index contributed by atoms with van der Waals surface area (Å²) < 4.78 is 5.54. The summed E-state index contributed by atoms with van der Waals surface area (Å²) >= 11 is 0. The molecular weight excluding hydrogens is 294 g/mol. The highest BCUT2D eigenvalue weighted by Crippen LogP contribution is 2.30. The van der Waals surface area contributed by atoms with Gasteiger partial charge in [-0.05, 0) is 59.3 Å². The minimum Gasteiger partial charge on any atom is -0.444 e. The van der Waals surface area contributed by atoms with Crippen molar-refractivity contribution < 1.29 is 14.3 Å². The molecule has 1 aliphatic carbocycles. The van der Waals surface area contributed by atoms with Crippen LogP contribution < -0.4 is 5.73 Å². The van der Waals surface area contributed by atoms with Crippen LogP contribution in [0, 0.1) is 5.92 Å². The molecule has 1 unspecified atom stereocenters. The Morgan fingerprint density at radius 3 is 2.48 bits per heavy atom. The second kappa shape index (κ2) is 7.07. The predicted molar refractivity (Wildman–Crippen MR) is 88.9 cm³/mol. The number of carbonyl (C=O) groups excluding carboxylic acids is 2. The number of nitrogens with zero attached hydrogens (tertiary/aromatic N) is 2. The van der Waals surface area contributed by atoms with Gasteiger partial charge in [0.25, 0.3) is 0 Å². The summed E-state index contributed by atoms with van der Waals surface area (Å²) in [5.74, 6) is 0.310. The van der Waals surface area contributed by atoms with Crippen LogP contribution in [0.3, 0.4) is 0 Å².